The largest absolute Gasteiger partial charge is 0.494 e. The fraction of sp³-hybridized carbons (Fsp3) is 0.267. The van der Waals surface area contributed by atoms with Gasteiger partial charge in [-0.25, -0.2) is 4.98 Å². The number of aromatic amines is 2. The van der Waals surface area contributed by atoms with E-state index in [4.69, 9.17) is 14.5 Å². The molecule has 0 radical (unpaired) electrons. The second kappa shape index (κ2) is 11.2. The lowest BCUT2D eigenvalue weighted by Gasteiger charge is -2.21. The number of H-pyrrole nitrogens is 2. The first-order chi connectivity index (χ1) is 18.7. The van der Waals surface area contributed by atoms with E-state index in [1.165, 1.54) is 0 Å². The van der Waals surface area contributed by atoms with Crippen LogP contribution in [0.5, 0.6) is 23.1 Å². The number of anilines is 1. The van der Waals surface area contributed by atoms with Crippen LogP contribution in [0.15, 0.2) is 71.5 Å². The Kier molecular flexibility index (Phi) is 7.60. The highest BCUT2D eigenvalue weighted by atomic mass is 32.1. The molecule has 2 heterocycles. The van der Waals surface area contributed by atoms with Crippen LogP contribution in [0.3, 0.4) is 0 Å². The fourth-order valence-electron chi connectivity index (χ4n) is 4.43. The highest BCUT2D eigenvalue weighted by Gasteiger charge is 2.14. The molecule has 202 valence electrons. The Morgan fingerprint density at radius 3 is 2.31 bits per heavy atom. The molecule has 0 spiro atoms. The number of nitrogens with zero attached hydrogens (tertiary/aromatic N) is 2. The highest BCUT2D eigenvalue weighted by molar-refractivity contribution is 7.09. The number of thiazole rings is 1. The van der Waals surface area contributed by atoms with Crippen molar-refractivity contribution in [3.8, 4) is 23.1 Å². The van der Waals surface area contributed by atoms with Gasteiger partial charge < -0.3 is 24.5 Å². The van der Waals surface area contributed by atoms with Crippen LogP contribution in [-0.2, 0) is 6.42 Å². The maximum Gasteiger partial charge on any atom is 0.307 e. The molecule has 3 aromatic carbocycles. The molecule has 8 nitrogen and oxygen atoms in total. The first-order valence-corrected chi connectivity index (χ1v) is 13.7. The second-order valence-electron chi connectivity index (χ2n) is 10.0. The smallest absolute Gasteiger partial charge is 0.307 e. The standard InChI is InChI=1S/C30H32N4O4S/c1-18(2)17-34(4)21-7-11-23(12-8-21)38-24-13-14-25-26(16-24)32-28(31-25)19(3)37-22-9-5-20(6-10-22)15-27-29(35)33-30(36)39-27/h5-14,16,18-19,35H,15,17H2,1-4H3,(H,31,32)(H,33,36). The van der Waals surface area contributed by atoms with Crippen LogP contribution in [0.1, 0.15) is 43.1 Å². The molecule has 1 atom stereocenters. The number of benzene rings is 3. The van der Waals surface area contributed by atoms with Crippen LogP contribution in [0.25, 0.3) is 11.0 Å². The van der Waals surface area contributed by atoms with E-state index in [2.05, 4.69) is 47.9 Å². The number of aromatic hydroxyl groups is 1. The third kappa shape index (κ3) is 6.43. The van der Waals surface area contributed by atoms with E-state index < -0.39 is 0 Å². The third-order valence-electron chi connectivity index (χ3n) is 6.31. The molecule has 3 N–H and O–H groups in total. The predicted octanol–water partition coefficient (Wildman–Crippen LogP) is 6.63. The van der Waals surface area contributed by atoms with Gasteiger partial charge in [0, 0.05) is 31.8 Å². The molecule has 0 bridgehead atoms. The third-order valence-corrected chi connectivity index (χ3v) is 7.18. The first kappa shape index (κ1) is 26.4. The van der Waals surface area contributed by atoms with Gasteiger partial charge in [0.1, 0.15) is 23.1 Å². The Bertz CT molecular complexity index is 1600. The van der Waals surface area contributed by atoms with Gasteiger partial charge in [-0.1, -0.05) is 37.3 Å². The Hall–Kier alpha value is -4.24. The molecule has 1 unspecified atom stereocenters. The average molecular weight is 545 g/mol. The zero-order valence-electron chi connectivity index (χ0n) is 22.4. The minimum atomic E-state index is -0.304. The molecular weight excluding hydrogens is 512 g/mol. The number of nitrogens with one attached hydrogen (secondary N) is 2. The molecule has 0 aliphatic rings. The van der Waals surface area contributed by atoms with Crippen LogP contribution >= 0.6 is 11.3 Å². The first-order valence-electron chi connectivity index (χ1n) is 12.9. The van der Waals surface area contributed by atoms with Crippen molar-refractivity contribution in [3.63, 3.8) is 0 Å². The minimum absolute atomic E-state index is 0.0692. The molecule has 0 aliphatic heterocycles. The molecule has 5 rings (SSSR count). The van der Waals surface area contributed by atoms with Gasteiger partial charge in [-0.2, -0.15) is 0 Å². The Balaban J connectivity index is 1.22. The van der Waals surface area contributed by atoms with Crippen molar-refractivity contribution in [1.82, 2.24) is 15.0 Å². The number of ether oxygens (including phenoxy) is 2. The second-order valence-corrected chi connectivity index (χ2v) is 11.1. The fourth-order valence-corrected chi connectivity index (χ4v) is 5.18. The summed E-state index contributed by atoms with van der Waals surface area (Å²) in [7, 11) is 2.10. The van der Waals surface area contributed by atoms with E-state index in [0.717, 1.165) is 51.7 Å². The monoisotopic (exact) mass is 544 g/mol. The van der Waals surface area contributed by atoms with Crippen LogP contribution in [0, 0.1) is 5.92 Å². The zero-order valence-corrected chi connectivity index (χ0v) is 23.2. The van der Waals surface area contributed by atoms with Gasteiger partial charge in [-0.05, 0) is 66.9 Å². The summed E-state index contributed by atoms with van der Waals surface area (Å²) >= 11 is 1.01. The van der Waals surface area contributed by atoms with Crippen molar-refractivity contribution in [2.75, 3.05) is 18.5 Å². The Morgan fingerprint density at radius 1 is 0.949 bits per heavy atom. The molecule has 0 aliphatic carbocycles. The van der Waals surface area contributed by atoms with Gasteiger partial charge in [0.25, 0.3) is 0 Å². The number of hydrogen-bond acceptors (Lipinski definition) is 7. The summed E-state index contributed by atoms with van der Waals surface area (Å²) in [6.45, 7) is 7.36. The molecule has 5 aromatic rings. The Labute approximate surface area is 230 Å². The maximum absolute atomic E-state index is 11.4. The lowest BCUT2D eigenvalue weighted by molar-refractivity contribution is 0.218. The van der Waals surface area contributed by atoms with Crippen molar-refractivity contribution >= 4 is 28.1 Å². The summed E-state index contributed by atoms with van der Waals surface area (Å²) in [4.78, 5) is 24.4. The van der Waals surface area contributed by atoms with Crippen LogP contribution in [0.2, 0.25) is 0 Å². The van der Waals surface area contributed by atoms with Crippen LogP contribution in [-0.4, -0.2) is 33.7 Å². The molecule has 0 saturated heterocycles. The number of fused-ring (bicyclic) bond motifs is 1. The molecule has 39 heavy (non-hydrogen) atoms. The number of rotatable bonds is 10. The van der Waals surface area contributed by atoms with Crippen molar-refractivity contribution in [3.05, 3.63) is 92.7 Å². The molecular formula is C30H32N4O4S. The molecule has 0 amide bonds. The summed E-state index contributed by atoms with van der Waals surface area (Å²) in [6, 6.07) is 21.5. The van der Waals surface area contributed by atoms with E-state index in [0.29, 0.717) is 28.8 Å². The van der Waals surface area contributed by atoms with Crippen molar-refractivity contribution in [2.45, 2.75) is 33.3 Å². The summed E-state index contributed by atoms with van der Waals surface area (Å²) in [5.74, 6) is 3.44. The van der Waals surface area contributed by atoms with Crippen molar-refractivity contribution in [2.24, 2.45) is 5.92 Å². The maximum atomic E-state index is 11.4. The van der Waals surface area contributed by atoms with E-state index in [9.17, 15) is 9.90 Å². The van der Waals surface area contributed by atoms with Gasteiger partial charge in [0.05, 0.1) is 15.9 Å². The number of hydrogen-bond donors (Lipinski definition) is 3. The predicted molar refractivity (Wildman–Crippen MR) is 156 cm³/mol. The van der Waals surface area contributed by atoms with Gasteiger partial charge in [0.2, 0.25) is 5.88 Å². The molecule has 0 saturated carbocycles. The van der Waals surface area contributed by atoms with Gasteiger partial charge in [0.15, 0.2) is 6.10 Å². The van der Waals surface area contributed by atoms with Crippen LogP contribution in [0.4, 0.5) is 5.69 Å². The average Bonchev–Trinajstić information content (AvgIpc) is 3.47. The number of imidazole rings is 1. The lowest BCUT2D eigenvalue weighted by Crippen LogP contribution is -2.22. The SMILES string of the molecule is CC(C)CN(C)c1ccc(Oc2ccc3nc(C(C)Oc4ccc(Cc5sc(=O)[nH]c5O)cc4)[nH]c3c2)cc1. The Morgan fingerprint density at radius 2 is 1.64 bits per heavy atom. The van der Waals surface area contributed by atoms with Crippen LogP contribution < -0.4 is 19.2 Å². The van der Waals surface area contributed by atoms with E-state index >= 15 is 0 Å². The van der Waals surface area contributed by atoms with E-state index in [1.54, 1.807) is 0 Å². The summed E-state index contributed by atoms with van der Waals surface area (Å²) in [5, 5.41) is 9.81. The van der Waals surface area contributed by atoms with Crippen molar-refractivity contribution in [1.29, 1.82) is 0 Å². The van der Waals surface area contributed by atoms with E-state index in [-0.39, 0.29) is 16.9 Å². The zero-order chi connectivity index (χ0) is 27.5. The minimum Gasteiger partial charge on any atom is -0.494 e. The normalized spacial score (nSPS) is 12.1. The quantitative estimate of drug-likeness (QED) is 0.182. The van der Waals surface area contributed by atoms with Crippen molar-refractivity contribution < 1.29 is 14.6 Å². The topological polar surface area (TPSA) is 103 Å². The summed E-state index contributed by atoms with van der Waals surface area (Å²) < 4.78 is 12.2. The molecule has 0 fully saturated rings. The lowest BCUT2D eigenvalue weighted by atomic mass is 10.1. The van der Waals surface area contributed by atoms with Gasteiger partial charge in [-0.3, -0.25) is 9.78 Å². The highest BCUT2D eigenvalue weighted by Crippen LogP contribution is 2.29. The van der Waals surface area contributed by atoms with Gasteiger partial charge >= 0.3 is 4.87 Å². The van der Waals surface area contributed by atoms with Gasteiger partial charge in [-0.15, -0.1) is 0 Å². The van der Waals surface area contributed by atoms with E-state index in [1.807, 2.05) is 61.5 Å². The summed E-state index contributed by atoms with van der Waals surface area (Å²) in [6.07, 6.45) is 0.167. The summed E-state index contributed by atoms with van der Waals surface area (Å²) in [5.41, 5.74) is 3.83. The number of aromatic nitrogens is 3. The molecule has 9 heteroatoms. The molecule has 2 aromatic heterocycles.